The van der Waals surface area contributed by atoms with Crippen molar-refractivity contribution in [1.29, 1.82) is 0 Å². The molecule has 4 nitrogen and oxygen atoms in total. The summed E-state index contributed by atoms with van der Waals surface area (Å²) in [5.41, 5.74) is 7.72. The van der Waals surface area contributed by atoms with E-state index in [0.717, 1.165) is 12.1 Å². The number of hydrogen-bond acceptors (Lipinski definition) is 3. The minimum absolute atomic E-state index is 0.0624. The van der Waals surface area contributed by atoms with Gasteiger partial charge in [0.1, 0.15) is 6.61 Å². The molecule has 1 saturated heterocycles. The van der Waals surface area contributed by atoms with E-state index in [1.54, 1.807) is 4.90 Å². The normalized spacial score (nSPS) is 19.4. The molecule has 1 unspecified atom stereocenters. The summed E-state index contributed by atoms with van der Waals surface area (Å²) < 4.78 is 5.09. The van der Waals surface area contributed by atoms with E-state index >= 15 is 0 Å². The van der Waals surface area contributed by atoms with Crippen LogP contribution in [0.25, 0.3) is 0 Å². The Labute approximate surface area is 108 Å². The topological polar surface area (TPSA) is 55.6 Å². The standard InChI is InChI=1S/C14H20N2O2/c1-10(2)11-3-5-12(6-4-11)16-13(7-8-15)9-18-14(16)17/h3-6,10,13H,7-9,15H2,1-2H3. The fraction of sp³-hybridized carbons (Fsp3) is 0.500. The van der Waals surface area contributed by atoms with Crippen molar-refractivity contribution in [1.82, 2.24) is 0 Å². The van der Waals surface area contributed by atoms with Crippen LogP contribution in [-0.2, 0) is 4.74 Å². The zero-order chi connectivity index (χ0) is 13.1. The Morgan fingerprint density at radius 1 is 1.39 bits per heavy atom. The zero-order valence-electron chi connectivity index (χ0n) is 10.9. The van der Waals surface area contributed by atoms with Crippen molar-refractivity contribution in [2.45, 2.75) is 32.2 Å². The van der Waals surface area contributed by atoms with E-state index < -0.39 is 0 Å². The van der Waals surface area contributed by atoms with Gasteiger partial charge in [0.05, 0.1) is 6.04 Å². The number of carbonyl (C=O) groups excluding carboxylic acids is 1. The van der Waals surface area contributed by atoms with Gasteiger partial charge in [-0.25, -0.2) is 4.79 Å². The summed E-state index contributed by atoms with van der Waals surface area (Å²) in [5.74, 6) is 0.490. The van der Waals surface area contributed by atoms with E-state index in [1.165, 1.54) is 5.56 Å². The third-order valence-electron chi connectivity index (χ3n) is 3.30. The fourth-order valence-corrected chi connectivity index (χ4v) is 2.20. The summed E-state index contributed by atoms with van der Waals surface area (Å²) in [6.45, 7) is 5.29. The monoisotopic (exact) mass is 248 g/mol. The molecule has 1 aliphatic rings. The Hall–Kier alpha value is -1.55. The van der Waals surface area contributed by atoms with Crippen LogP contribution in [0, 0.1) is 0 Å². The Morgan fingerprint density at radius 3 is 2.61 bits per heavy atom. The Morgan fingerprint density at radius 2 is 2.06 bits per heavy atom. The van der Waals surface area contributed by atoms with E-state index in [-0.39, 0.29) is 12.1 Å². The average Bonchev–Trinajstić information content (AvgIpc) is 2.71. The van der Waals surface area contributed by atoms with Gasteiger partial charge in [0.2, 0.25) is 0 Å². The SMILES string of the molecule is CC(C)c1ccc(N2C(=O)OCC2CCN)cc1. The molecule has 1 aromatic carbocycles. The highest BCUT2D eigenvalue weighted by Crippen LogP contribution is 2.26. The number of benzene rings is 1. The predicted octanol–water partition coefficient (Wildman–Crippen LogP) is 2.48. The van der Waals surface area contributed by atoms with Crippen LogP contribution in [0.3, 0.4) is 0 Å². The van der Waals surface area contributed by atoms with Crippen LogP contribution in [0.1, 0.15) is 31.7 Å². The van der Waals surface area contributed by atoms with Gasteiger partial charge in [-0.3, -0.25) is 4.90 Å². The third-order valence-corrected chi connectivity index (χ3v) is 3.30. The van der Waals surface area contributed by atoms with Gasteiger partial charge in [0.15, 0.2) is 0 Å². The molecule has 0 aromatic heterocycles. The first-order valence-corrected chi connectivity index (χ1v) is 6.39. The molecule has 0 saturated carbocycles. The fourth-order valence-electron chi connectivity index (χ4n) is 2.20. The van der Waals surface area contributed by atoms with Gasteiger partial charge in [0, 0.05) is 5.69 Å². The lowest BCUT2D eigenvalue weighted by atomic mass is 10.0. The number of cyclic esters (lactones) is 1. The highest BCUT2D eigenvalue weighted by molar-refractivity contribution is 5.90. The van der Waals surface area contributed by atoms with Crippen LogP contribution >= 0.6 is 0 Å². The lowest BCUT2D eigenvalue weighted by Gasteiger charge is -2.21. The van der Waals surface area contributed by atoms with Crippen LogP contribution in [0.2, 0.25) is 0 Å². The van der Waals surface area contributed by atoms with Crippen LogP contribution < -0.4 is 10.6 Å². The predicted molar refractivity (Wildman–Crippen MR) is 71.8 cm³/mol. The second kappa shape index (κ2) is 5.40. The molecule has 0 radical (unpaired) electrons. The maximum Gasteiger partial charge on any atom is 0.414 e. The van der Waals surface area contributed by atoms with E-state index in [1.807, 2.05) is 12.1 Å². The first-order chi connectivity index (χ1) is 8.63. The summed E-state index contributed by atoms with van der Waals surface area (Å²) in [5, 5.41) is 0. The molecule has 1 aromatic rings. The van der Waals surface area contributed by atoms with Gasteiger partial charge in [-0.05, 0) is 36.6 Å². The van der Waals surface area contributed by atoms with Crippen molar-refractivity contribution in [3.8, 4) is 0 Å². The Balaban J connectivity index is 2.20. The number of carbonyl (C=O) groups is 1. The minimum Gasteiger partial charge on any atom is -0.447 e. The molecule has 1 amide bonds. The Bertz CT molecular complexity index is 414. The lowest BCUT2D eigenvalue weighted by molar-refractivity contribution is 0.178. The van der Waals surface area contributed by atoms with Crippen molar-refractivity contribution >= 4 is 11.8 Å². The molecule has 4 heteroatoms. The van der Waals surface area contributed by atoms with Crippen LogP contribution in [0.15, 0.2) is 24.3 Å². The van der Waals surface area contributed by atoms with Gasteiger partial charge in [-0.1, -0.05) is 26.0 Å². The highest BCUT2D eigenvalue weighted by Gasteiger charge is 2.33. The van der Waals surface area contributed by atoms with E-state index in [9.17, 15) is 4.79 Å². The summed E-state index contributed by atoms with van der Waals surface area (Å²) in [4.78, 5) is 13.4. The summed E-state index contributed by atoms with van der Waals surface area (Å²) in [6, 6.07) is 8.14. The van der Waals surface area contributed by atoms with Crippen LogP contribution in [0.5, 0.6) is 0 Å². The van der Waals surface area contributed by atoms with Crippen molar-refractivity contribution in [2.75, 3.05) is 18.1 Å². The van der Waals surface area contributed by atoms with Crippen molar-refractivity contribution < 1.29 is 9.53 Å². The average molecular weight is 248 g/mol. The van der Waals surface area contributed by atoms with E-state index in [2.05, 4.69) is 26.0 Å². The Kier molecular flexibility index (Phi) is 3.87. The number of anilines is 1. The van der Waals surface area contributed by atoms with Gasteiger partial charge >= 0.3 is 6.09 Å². The minimum atomic E-state index is -0.272. The molecule has 1 atom stereocenters. The molecule has 98 valence electrons. The molecular formula is C14H20N2O2. The van der Waals surface area contributed by atoms with Gasteiger partial charge < -0.3 is 10.5 Å². The largest absolute Gasteiger partial charge is 0.447 e. The second-order valence-electron chi connectivity index (χ2n) is 4.92. The molecule has 2 rings (SSSR count). The van der Waals surface area contributed by atoms with Gasteiger partial charge in [0.25, 0.3) is 0 Å². The zero-order valence-corrected chi connectivity index (χ0v) is 10.9. The summed E-state index contributed by atoms with van der Waals surface area (Å²) in [7, 11) is 0. The van der Waals surface area contributed by atoms with Crippen molar-refractivity contribution in [3.63, 3.8) is 0 Å². The number of amides is 1. The summed E-state index contributed by atoms with van der Waals surface area (Å²) in [6.07, 6.45) is 0.489. The molecule has 1 aliphatic heterocycles. The van der Waals surface area contributed by atoms with Gasteiger partial charge in [-0.15, -0.1) is 0 Å². The van der Waals surface area contributed by atoms with Crippen LogP contribution in [0.4, 0.5) is 10.5 Å². The first-order valence-electron chi connectivity index (χ1n) is 6.39. The molecule has 18 heavy (non-hydrogen) atoms. The number of ether oxygens (including phenoxy) is 1. The molecule has 2 N–H and O–H groups in total. The molecule has 0 bridgehead atoms. The van der Waals surface area contributed by atoms with E-state index in [4.69, 9.17) is 10.5 Å². The number of hydrogen-bond donors (Lipinski definition) is 1. The third kappa shape index (κ3) is 2.48. The number of rotatable bonds is 4. The van der Waals surface area contributed by atoms with E-state index in [0.29, 0.717) is 19.1 Å². The molecular weight excluding hydrogens is 228 g/mol. The number of nitrogens with zero attached hydrogens (tertiary/aromatic N) is 1. The lowest BCUT2D eigenvalue weighted by Crippen LogP contribution is -2.34. The van der Waals surface area contributed by atoms with Crippen molar-refractivity contribution in [3.05, 3.63) is 29.8 Å². The van der Waals surface area contributed by atoms with Gasteiger partial charge in [-0.2, -0.15) is 0 Å². The summed E-state index contributed by atoms with van der Waals surface area (Å²) >= 11 is 0. The van der Waals surface area contributed by atoms with Crippen molar-refractivity contribution in [2.24, 2.45) is 5.73 Å². The first kappa shape index (κ1) is 12.9. The van der Waals surface area contributed by atoms with Crippen LogP contribution in [-0.4, -0.2) is 25.3 Å². The second-order valence-corrected chi connectivity index (χ2v) is 4.92. The quantitative estimate of drug-likeness (QED) is 0.890. The number of nitrogens with two attached hydrogens (primary N) is 1. The molecule has 0 aliphatic carbocycles. The smallest absolute Gasteiger partial charge is 0.414 e. The molecule has 1 heterocycles. The molecule has 0 spiro atoms. The maximum absolute atomic E-state index is 11.7. The maximum atomic E-state index is 11.7. The highest BCUT2D eigenvalue weighted by atomic mass is 16.6. The molecule has 1 fully saturated rings.